The van der Waals surface area contributed by atoms with E-state index < -0.39 is 0 Å². The Bertz CT molecular complexity index is 302. The van der Waals surface area contributed by atoms with Crippen molar-refractivity contribution >= 4 is 12.1 Å². The molecule has 0 amide bonds. The summed E-state index contributed by atoms with van der Waals surface area (Å²) < 4.78 is 10.8. The predicted molar refractivity (Wildman–Crippen MR) is 109 cm³/mol. The molecule has 0 atom stereocenters. The van der Waals surface area contributed by atoms with Gasteiger partial charge >= 0.3 is 0 Å². The molecule has 0 heterocycles. The molecule has 0 spiro atoms. The molecule has 1 aliphatic rings. The molecule has 0 aromatic heterocycles. The van der Waals surface area contributed by atoms with E-state index in [4.69, 9.17) is 9.47 Å². The Morgan fingerprint density at radius 3 is 2.15 bits per heavy atom. The molecule has 0 aliphatic heterocycles. The first-order valence-electron chi connectivity index (χ1n) is 10.3. The van der Waals surface area contributed by atoms with Crippen LogP contribution in [0.2, 0.25) is 0 Å². The standard InChI is InChI=1S/C13H24O3.C6H13NO.C2H6/c1-15-10-12-4-6-13(7-5-12)11-16-9-3-2-8-14;1-3-6(8)4-5-7-2;1-2/h8,12-13H,2-7,9-11H2,1H3;7H,3-5H2,1-2H3;1-2H3. The topological polar surface area (TPSA) is 64.6 Å². The van der Waals surface area contributed by atoms with Gasteiger partial charge in [0, 0.05) is 52.7 Å². The number of unbranched alkanes of at least 4 members (excludes halogenated alkanes) is 1. The lowest BCUT2D eigenvalue weighted by Crippen LogP contribution is -2.21. The average Bonchev–Trinajstić information content (AvgIpc) is 2.69. The van der Waals surface area contributed by atoms with Gasteiger partial charge in [-0.1, -0.05) is 20.8 Å². The fourth-order valence-corrected chi connectivity index (χ4v) is 2.76. The summed E-state index contributed by atoms with van der Waals surface area (Å²) in [6.07, 6.45) is 8.87. The highest BCUT2D eigenvalue weighted by atomic mass is 16.5. The lowest BCUT2D eigenvalue weighted by molar-refractivity contribution is -0.118. The van der Waals surface area contributed by atoms with E-state index in [9.17, 15) is 9.59 Å². The van der Waals surface area contributed by atoms with Crippen molar-refractivity contribution in [3.8, 4) is 0 Å². The first-order valence-corrected chi connectivity index (χ1v) is 10.3. The minimum atomic E-state index is 0.333. The maximum atomic E-state index is 10.5. The number of nitrogens with one attached hydrogen (secondary N) is 1. The van der Waals surface area contributed by atoms with Crippen molar-refractivity contribution in [1.82, 2.24) is 5.32 Å². The van der Waals surface area contributed by atoms with Crippen LogP contribution < -0.4 is 5.32 Å². The largest absolute Gasteiger partial charge is 0.384 e. The number of ether oxygens (including phenoxy) is 2. The van der Waals surface area contributed by atoms with Gasteiger partial charge in [0.2, 0.25) is 0 Å². The van der Waals surface area contributed by atoms with E-state index in [-0.39, 0.29) is 0 Å². The van der Waals surface area contributed by atoms with Gasteiger partial charge in [-0.15, -0.1) is 0 Å². The molecular formula is C21H43NO4. The summed E-state index contributed by atoms with van der Waals surface area (Å²) in [4.78, 5) is 20.6. The first kappa shape index (κ1) is 27.4. The van der Waals surface area contributed by atoms with Crippen LogP contribution in [-0.4, -0.2) is 52.6 Å². The third kappa shape index (κ3) is 18.0. The molecule has 156 valence electrons. The molecule has 1 fully saturated rings. The van der Waals surface area contributed by atoms with Gasteiger partial charge in [-0.05, 0) is 51.0 Å². The Balaban J connectivity index is 0. The van der Waals surface area contributed by atoms with Gasteiger partial charge in [-0.25, -0.2) is 0 Å². The number of hydrogen-bond acceptors (Lipinski definition) is 5. The maximum absolute atomic E-state index is 10.5. The Kier molecular flexibility index (Phi) is 23.5. The van der Waals surface area contributed by atoms with E-state index in [1.165, 1.54) is 25.7 Å². The predicted octanol–water partition coefficient (Wildman–Crippen LogP) is 4.04. The highest BCUT2D eigenvalue weighted by Crippen LogP contribution is 2.28. The highest BCUT2D eigenvalue weighted by molar-refractivity contribution is 5.78. The zero-order valence-electron chi connectivity index (χ0n) is 17.9. The molecule has 0 bridgehead atoms. The van der Waals surface area contributed by atoms with Crippen LogP contribution in [0.1, 0.15) is 72.1 Å². The third-order valence-corrected chi connectivity index (χ3v) is 4.38. The number of methoxy groups -OCH3 is 1. The van der Waals surface area contributed by atoms with Crippen molar-refractivity contribution < 1.29 is 19.1 Å². The molecule has 5 nitrogen and oxygen atoms in total. The van der Waals surface area contributed by atoms with Gasteiger partial charge in [0.15, 0.2) is 0 Å². The second kappa shape index (κ2) is 22.3. The number of carbonyl (C=O) groups excluding carboxylic acids is 2. The Morgan fingerprint density at radius 1 is 1.12 bits per heavy atom. The fraction of sp³-hybridized carbons (Fsp3) is 0.905. The summed E-state index contributed by atoms with van der Waals surface area (Å²) in [7, 11) is 3.63. The number of rotatable bonds is 12. The van der Waals surface area contributed by atoms with Gasteiger partial charge in [0.25, 0.3) is 0 Å². The van der Waals surface area contributed by atoms with Crippen molar-refractivity contribution in [1.29, 1.82) is 0 Å². The minimum Gasteiger partial charge on any atom is -0.384 e. The van der Waals surface area contributed by atoms with Gasteiger partial charge < -0.3 is 19.6 Å². The van der Waals surface area contributed by atoms with Crippen LogP contribution >= 0.6 is 0 Å². The molecule has 1 aliphatic carbocycles. The van der Waals surface area contributed by atoms with Crippen LogP contribution in [-0.2, 0) is 19.1 Å². The van der Waals surface area contributed by atoms with Crippen LogP contribution in [0.15, 0.2) is 0 Å². The lowest BCUT2D eigenvalue weighted by Gasteiger charge is -2.27. The Hall–Kier alpha value is -0.780. The molecule has 26 heavy (non-hydrogen) atoms. The second-order valence-electron chi connectivity index (χ2n) is 6.47. The normalized spacial score (nSPS) is 18.8. The van der Waals surface area contributed by atoms with Gasteiger partial charge in [0.05, 0.1) is 0 Å². The molecule has 0 unspecified atom stereocenters. The zero-order chi connectivity index (χ0) is 20.0. The molecule has 0 saturated heterocycles. The summed E-state index contributed by atoms with van der Waals surface area (Å²) >= 11 is 0. The van der Waals surface area contributed by atoms with Crippen LogP contribution in [0.25, 0.3) is 0 Å². The minimum absolute atomic E-state index is 0.333. The van der Waals surface area contributed by atoms with E-state index in [1.54, 1.807) is 7.11 Å². The Morgan fingerprint density at radius 2 is 1.69 bits per heavy atom. The molecule has 0 aromatic rings. The van der Waals surface area contributed by atoms with Crippen LogP contribution in [0.4, 0.5) is 0 Å². The Labute approximate surface area is 161 Å². The summed E-state index contributed by atoms with van der Waals surface area (Å²) in [5.41, 5.74) is 0. The highest BCUT2D eigenvalue weighted by Gasteiger charge is 2.20. The molecule has 0 radical (unpaired) electrons. The van der Waals surface area contributed by atoms with Crippen molar-refractivity contribution in [3.63, 3.8) is 0 Å². The van der Waals surface area contributed by atoms with E-state index in [1.807, 2.05) is 27.8 Å². The summed E-state index contributed by atoms with van der Waals surface area (Å²) in [5, 5.41) is 2.91. The van der Waals surface area contributed by atoms with E-state index in [2.05, 4.69) is 5.32 Å². The monoisotopic (exact) mass is 373 g/mol. The van der Waals surface area contributed by atoms with Crippen molar-refractivity contribution in [2.45, 2.75) is 72.1 Å². The fourth-order valence-electron chi connectivity index (χ4n) is 2.76. The number of hydrogen-bond donors (Lipinski definition) is 1. The van der Waals surface area contributed by atoms with Gasteiger partial charge in [0.1, 0.15) is 12.1 Å². The molecule has 1 rings (SSSR count). The molecular weight excluding hydrogens is 330 g/mol. The van der Waals surface area contributed by atoms with E-state index >= 15 is 0 Å². The molecule has 1 N–H and O–H groups in total. The SMILES string of the molecule is CC.CCC(=O)CCNC.COCC1CCC(COCCCC=O)CC1. The van der Waals surface area contributed by atoms with Gasteiger partial charge in [-0.3, -0.25) is 4.79 Å². The lowest BCUT2D eigenvalue weighted by atomic mass is 9.83. The number of aldehydes is 1. The van der Waals surface area contributed by atoms with Crippen molar-refractivity contribution in [3.05, 3.63) is 0 Å². The quantitative estimate of drug-likeness (QED) is 0.413. The number of Topliss-reactive ketones (excluding diaryl/α,β-unsaturated/α-hetero) is 1. The maximum Gasteiger partial charge on any atom is 0.133 e. The third-order valence-electron chi connectivity index (χ3n) is 4.38. The van der Waals surface area contributed by atoms with Crippen molar-refractivity contribution in [2.24, 2.45) is 11.8 Å². The number of ketones is 1. The van der Waals surface area contributed by atoms with E-state index in [0.29, 0.717) is 25.0 Å². The van der Waals surface area contributed by atoms with Crippen LogP contribution in [0.3, 0.4) is 0 Å². The first-order chi connectivity index (χ1) is 12.7. The van der Waals surface area contributed by atoms with Crippen molar-refractivity contribution in [2.75, 3.05) is 40.5 Å². The molecule has 0 aromatic carbocycles. The second-order valence-corrected chi connectivity index (χ2v) is 6.47. The van der Waals surface area contributed by atoms with Crippen LogP contribution in [0.5, 0.6) is 0 Å². The summed E-state index contributed by atoms with van der Waals surface area (Å²) in [6, 6.07) is 0. The van der Waals surface area contributed by atoms with Gasteiger partial charge in [-0.2, -0.15) is 0 Å². The smallest absolute Gasteiger partial charge is 0.133 e. The number of carbonyl (C=O) groups is 2. The molecule has 5 heteroatoms. The summed E-state index contributed by atoms with van der Waals surface area (Å²) in [6.45, 7) is 9.22. The van der Waals surface area contributed by atoms with Crippen LogP contribution in [0, 0.1) is 11.8 Å². The zero-order valence-corrected chi connectivity index (χ0v) is 17.9. The molecule has 1 saturated carbocycles. The van der Waals surface area contributed by atoms with E-state index in [0.717, 1.165) is 50.9 Å². The summed E-state index contributed by atoms with van der Waals surface area (Å²) in [5.74, 6) is 1.82. The average molecular weight is 374 g/mol.